The molecule has 0 aliphatic heterocycles. The molecule has 5 aromatic carbocycles. The number of hydrogen-bond donors (Lipinski definition) is 1. The van der Waals surface area contributed by atoms with Crippen molar-refractivity contribution in [3.8, 4) is 16.9 Å². The molecular weight excluding hydrogens is 528 g/mol. The maximum absolute atomic E-state index is 11.7. The normalized spacial score (nSPS) is 11.9. The van der Waals surface area contributed by atoms with Crippen LogP contribution in [0.2, 0.25) is 0 Å². The van der Waals surface area contributed by atoms with Crippen molar-refractivity contribution in [2.24, 2.45) is 0 Å². The van der Waals surface area contributed by atoms with Crippen LogP contribution in [-0.2, 0) is 0 Å². The summed E-state index contributed by atoms with van der Waals surface area (Å²) in [5, 5.41) is 19.5. The Kier molecular flexibility index (Phi) is 6.23. The van der Waals surface area contributed by atoms with E-state index in [-0.39, 0.29) is 0 Å². The third-order valence-electron chi connectivity index (χ3n) is 9.93. The zero-order valence-electron chi connectivity index (χ0n) is 25.0. The quantitative estimate of drug-likeness (QED) is 0.200. The van der Waals surface area contributed by atoms with Crippen LogP contribution in [0.5, 0.6) is 5.75 Å². The van der Waals surface area contributed by atoms with Gasteiger partial charge in [0.15, 0.2) is 0 Å². The molecule has 0 aliphatic rings. The van der Waals surface area contributed by atoms with Crippen LogP contribution in [0.1, 0.15) is 66.8 Å². The number of phenolic OH excluding ortho intramolecular Hbond substituents is 1. The largest absolute Gasteiger partial charge is 0.507 e. The van der Waals surface area contributed by atoms with Gasteiger partial charge < -0.3 is 5.11 Å². The van der Waals surface area contributed by atoms with E-state index in [1.807, 2.05) is 6.92 Å². The van der Waals surface area contributed by atoms with Crippen molar-refractivity contribution in [1.82, 2.24) is 0 Å². The van der Waals surface area contributed by atoms with Crippen LogP contribution in [0, 0.1) is 83.1 Å². The monoisotopic (exact) mass is 566 g/mol. The minimum absolute atomic E-state index is 0.409. The summed E-state index contributed by atoms with van der Waals surface area (Å²) in [6.45, 7) is 26.5. The van der Waals surface area contributed by atoms with Gasteiger partial charge in [0, 0.05) is 10.0 Å². The maximum atomic E-state index is 11.7. The Morgan fingerprint density at radius 2 is 0.868 bits per heavy atom. The molecule has 0 aliphatic carbocycles. The molecule has 2 heteroatoms. The summed E-state index contributed by atoms with van der Waals surface area (Å²) < 4.78 is 1.18. The highest BCUT2D eigenvalue weighted by molar-refractivity contribution is 9.10. The molecule has 0 heterocycles. The minimum atomic E-state index is 0.409. The molecule has 0 saturated carbocycles. The minimum Gasteiger partial charge on any atom is -0.507 e. The van der Waals surface area contributed by atoms with E-state index in [9.17, 15) is 5.11 Å². The van der Waals surface area contributed by atoms with E-state index in [0.29, 0.717) is 5.75 Å². The van der Waals surface area contributed by atoms with Crippen LogP contribution in [0.3, 0.4) is 0 Å². The Morgan fingerprint density at radius 3 is 1.42 bits per heavy atom. The van der Waals surface area contributed by atoms with Gasteiger partial charge in [-0.25, -0.2) is 0 Å². The first kappa shape index (κ1) is 26.8. The van der Waals surface area contributed by atoms with Crippen LogP contribution >= 0.6 is 15.9 Å². The molecule has 38 heavy (non-hydrogen) atoms. The van der Waals surface area contributed by atoms with Gasteiger partial charge in [0.2, 0.25) is 0 Å². The molecule has 1 nitrogen and oxygen atoms in total. The van der Waals surface area contributed by atoms with E-state index < -0.39 is 0 Å². The summed E-state index contributed by atoms with van der Waals surface area (Å²) in [5.41, 5.74) is 17.1. The highest BCUT2D eigenvalue weighted by Crippen LogP contribution is 2.51. The number of aromatic hydroxyl groups is 1. The van der Waals surface area contributed by atoms with E-state index in [2.05, 4.69) is 104 Å². The molecule has 0 amide bonds. The average Bonchev–Trinajstić information content (AvgIpc) is 2.88. The topological polar surface area (TPSA) is 20.2 Å². The van der Waals surface area contributed by atoms with Gasteiger partial charge in [-0.1, -0.05) is 6.07 Å². The van der Waals surface area contributed by atoms with E-state index in [4.69, 9.17) is 0 Å². The Morgan fingerprint density at radius 1 is 0.421 bits per heavy atom. The van der Waals surface area contributed by atoms with Crippen LogP contribution in [0.25, 0.3) is 43.4 Å². The number of fused-ring (bicyclic) bond motifs is 5. The first-order valence-electron chi connectivity index (χ1n) is 13.6. The van der Waals surface area contributed by atoms with Gasteiger partial charge in [-0.2, -0.15) is 0 Å². The number of hydrogen-bond acceptors (Lipinski definition) is 1. The number of rotatable bonds is 1. The Labute approximate surface area is 236 Å². The van der Waals surface area contributed by atoms with Gasteiger partial charge in [-0.3, -0.25) is 0 Å². The van der Waals surface area contributed by atoms with Crippen molar-refractivity contribution in [3.05, 3.63) is 83.4 Å². The highest BCUT2D eigenvalue weighted by Gasteiger charge is 2.26. The number of phenols is 1. The van der Waals surface area contributed by atoms with Crippen molar-refractivity contribution in [2.45, 2.75) is 83.1 Å². The molecule has 0 bridgehead atoms. The Balaban J connectivity index is 2.26. The van der Waals surface area contributed by atoms with E-state index in [1.165, 1.54) is 98.0 Å². The summed E-state index contributed by atoms with van der Waals surface area (Å²) in [5.74, 6) is 0.409. The molecule has 5 rings (SSSR count). The molecule has 0 aromatic heterocycles. The molecule has 0 fully saturated rings. The lowest BCUT2D eigenvalue weighted by molar-refractivity contribution is 0.472. The lowest BCUT2D eigenvalue weighted by Gasteiger charge is -2.26. The summed E-state index contributed by atoms with van der Waals surface area (Å²) in [7, 11) is 0. The van der Waals surface area contributed by atoms with Crippen molar-refractivity contribution < 1.29 is 5.11 Å². The average molecular weight is 568 g/mol. The molecule has 0 saturated heterocycles. The second-order valence-corrected chi connectivity index (χ2v) is 12.4. The third kappa shape index (κ3) is 3.35. The van der Waals surface area contributed by atoms with Crippen molar-refractivity contribution in [2.75, 3.05) is 0 Å². The molecule has 196 valence electrons. The molecule has 0 atom stereocenters. The second-order valence-electron chi connectivity index (χ2n) is 11.6. The zero-order chi connectivity index (χ0) is 28.1. The van der Waals surface area contributed by atoms with Crippen LogP contribution in [-0.4, -0.2) is 5.11 Å². The lowest BCUT2D eigenvalue weighted by Crippen LogP contribution is -2.03. The van der Waals surface area contributed by atoms with Gasteiger partial charge in [-0.05, 0) is 210 Å². The fourth-order valence-corrected chi connectivity index (χ4v) is 7.25. The molecule has 5 aromatic rings. The predicted octanol–water partition coefficient (Wildman–Crippen LogP) is 11.0. The summed E-state index contributed by atoms with van der Waals surface area (Å²) in [6, 6.07) is 4.70. The predicted molar refractivity (Wildman–Crippen MR) is 171 cm³/mol. The van der Waals surface area contributed by atoms with Gasteiger partial charge >= 0.3 is 0 Å². The fourth-order valence-electron chi connectivity index (χ4n) is 6.74. The van der Waals surface area contributed by atoms with E-state index in [0.717, 1.165) is 16.7 Å². The Bertz CT molecular complexity index is 1860. The first-order valence-corrected chi connectivity index (χ1v) is 14.4. The summed E-state index contributed by atoms with van der Waals surface area (Å²) in [4.78, 5) is 0. The standard InChI is InChI=1S/C36H39BrO/c1-15-13-27-29(21(7)17(15)3)33-26(12)35(37)28-14-16(2)18(4)22(8)30(28)32(33)25(11)31(27)34-23(9)19(5)20(6)24(10)36(34)38/h13-14,38H,1-12H3. The summed E-state index contributed by atoms with van der Waals surface area (Å²) in [6.07, 6.45) is 0. The highest BCUT2D eigenvalue weighted by atomic mass is 79.9. The van der Waals surface area contributed by atoms with Crippen molar-refractivity contribution in [1.29, 1.82) is 0 Å². The van der Waals surface area contributed by atoms with Crippen molar-refractivity contribution >= 4 is 48.2 Å². The second kappa shape index (κ2) is 8.85. The van der Waals surface area contributed by atoms with E-state index >= 15 is 0 Å². The van der Waals surface area contributed by atoms with Gasteiger partial charge in [0.25, 0.3) is 0 Å². The SMILES string of the molecule is Cc1cc2c(Br)c(C)c3c4c(C)c(C)c(C)cc4c(-c4c(C)c(C)c(C)c(C)c4O)c(C)c3c2c(C)c1C. The lowest BCUT2D eigenvalue weighted by atomic mass is 9.78. The van der Waals surface area contributed by atoms with Crippen molar-refractivity contribution in [3.63, 3.8) is 0 Å². The molecular formula is C36H39BrO. The Hall–Kier alpha value is -2.84. The van der Waals surface area contributed by atoms with Gasteiger partial charge in [0.1, 0.15) is 5.75 Å². The third-order valence-corrected chi connectivity index (χ3v) is 11.0. The van der Waals surface area contributed by atoms with Gasteiger partial charge in [-0.15, -0.1) is 0 Å². The number of benzene rings is 5. The maximum Gasteiger partial charge on any atom is 0.126 e. The number of aryl methyl sites for hydroxylation is 6. The van der Waals surface area contributed by atoms with Crippen LogP contribution < -0.4 is 0 Å². The van der Waals surface area contributed by atoms with Crippen LogP contribution in [0.4, 0.5) is 0 Å². The smallest absolute Gasteiger partial charge is 0.126 e. The fraction of sp³-hybridized carbons (Fsp3) is 0.333. The molecule has 0 unspecified atom stereocenters. The van der Waals surface area contributed by atoms with Gasteiger partial charge in [0.05, 0.1) is 0 Å². The molecule has 0 radical (unpaired) electrons. The molecule has 0 spiro atoms. The summed E-state index contributed by atoms with van der Waals surface area (Å²) >= 11 is 4.04. The number of halogens is 1. The van der Waals surface area contributed by atoms with E-state index in [1.54, 1.807) is 0 Å². The zero-order valence-corrected chi connectivity index (χ0v) is 26.6. The van der Waals surface area contributed by atoms with Crippen LogP contribution in [0.15, 0.2) is 16.6 Å². The first-order chi connectivity index (χ1) is 17.7. The molecule has 1 N–H and O–H groups in total.